The minimum Gasteiger partial charge on any atom is -0.490 e. The molecule has 0 aliphatic carbocycles. The highest BCUT2D eigenvalue weighted by atomic mass is 31.3. The van der Waals surface area contributed by atoms with Gasteiger partial charge in [0.05, 0.1) is 19.9 Å². The average Bonchev–Trinajstić information content (AvgIpc) is 2.85. The molecule has 0 bridgehead atoms. The first-order valence-corrected chi connectivity index (χ1v) is 12.3. The van der Waals surface area contributed by atoms with Gasteiger partial charge in [0.1, 0.15) is 18.3 Å². The van der Waals surface area contributed by atoms with Crippen molar-refractivity contribution in [3.8, 4) is 5.75 Å². The minimum absolute atomic E-state index is 0.346. The predicted octanol–water partition coefficient (Wildman–Crippen LogP) is -2.49. The zero-order valence-electron chi connectivity index (χ0n) is 15.1. The number of aromatic amines is 1. The molecule has 1 aliphatic heterocycles. The lowest BCUT2D eigenvalue weighted by atomic mass is 10.1. The smallest absolute Gasteiger partial charge is 0.490 e. The maximum atomic E-state index is 11.9. The van der Waals surface area contributed by atoms with Gasteiger partial charge in [0.2, 0.25) is 5.75 Å². The number of aliphatic hydroxyl groups is 2. The molecule has 178 valence electrons. The van der Waals surface area contributed by atoms with Gasteiger partial charge in [0.15, 0.2) is 6.23 Å². The van der Waals surface area contributed by atoms with E-state index >= 15 is 0 Å². The molecule has 1 saturated heterocycles. The van der Waals surface area contributed by atoms with Crippen LogP contribution in [-0.2, 0) is 31.6 Å². The first kappa shape index (κ1) is 26.0. The fraction of sp³-hybridized carbons (Fsp3) is 0.600. The molecule has 0 radical (unpaired) electrons. The number of methoxy groups -OCH3 is 1. The molecule has 0 saturated carbocycles. The van der Waals surface area contributed by atoms with Gasteiger partial charge in [-0.05, 0) is 0 Å². The van der Waals surface area contributed by atoms with Crippen LogP contribution in [0, 0.1) is 0 Å². The lowest BCUT2D eigenvalue weighted by molar-refractivity contribution is -0.0544. The number of hydrogen-bond acceptors (Lipinski definition) is 12. The van der Waals surface area contributed by atoms with Crippen LogP contribution >= 0.6 is 23.5 Å². The highest BCUT2D eigenvalue weighted by Gasteiger charge is 2.46. The van der Waals surface area contributed by atoms with Crippen LogP contribution in [0.1, 0.15) is 6.23 Å². The van der Waals surface area contributed by atoms with E-state index in [9.17, 15) is 38.4 Å². The standard InChI is InChI=1S/C10H17N2O16P3/c1-24-4-2-12(10(16)11-8(4)15)9-7(14)6(13)5(26-9)3-25-30(20,21)28-31(22,23)27-29(17,18)19/h2,5-7,9,13-14H,3H2,1H3,(H,20,21)(H,22,23)(H,11,15,16)(H2,17,18,19)/t5-,6+,7+,9-/m1/s1. The third-order valence-corrected chi connectivity index (χ3v) is 7.39. The van der Waals surface area contributed by atoms with Crippen LogP contribution in [-0.4, -0.2) is 71.4 Å². The Balaban J connectivity index is 2.12. The van der Waals surface area contributed by atoms with Crippen molar-refractivity contribution in [3.63, 3.8) is 0 Å². The van der Waals surface area contributed by atoms with E-state index in [1.54, 1.807) is 0 Å². The molecular formula is C10H17N2O16P3. The highest BCUT2D eigenvalue weighted by Crippen LogP contribution is 2.66. The van der Waals surface area contributed by atoms with Gasteiger partial charge in [-0.25, -0.2) is 18.5 Å². The number of aromatic nitrogens is 2. The number of nitrogens with zero attached hydrogens (tertiary/aromatic N) is 1. The van der Waals surface area contributed by atoms with Crippen molar-refractivity contribution >= 4 is 23.5 Å². The molecule has 0 amide bonds. The summed E-state index contributed by atoms with van der Waals surface area (Å²) in [5.41, 5.74) is -1.95. The van der Waals surface area contributed by atoms with Crippen LogP contribution in [0.15, 0.2) is 15.8 Å². The number of nitrogens with one attached hydrogen (secondary N) is 1. The quantitative estimate of drug-likeness (QED) is 0.168. The number of phosphoric ester groups is 1. The molecule has 31 heavy (non-hydrogen) atoms. The molecular weight excluding hydrogens is 497 g/mol. The van der Waals surface area contributed by atoms with E-state index in [0.717, 1.165) is 13.3 Å². The zero-order chi connectivity index (χ0) is 23.8. The molecule has 2 heterocycles. The van der Waals surface area contributed by atoms with Crippen LogP contribution in [0.2, 0.25) is 0 Å². The van der Waals surface area contributed by atoms with E-state index in [-0.39, 0.29) is 5.75 Å². The summed E-state index contributed by atoms with van der Waals surface area (Å²) in [6.45, 7) is -1.08. The second kappa shape index (κ2) is 9.33. The fourth-order valence-corrected chi connectivity index (χ4v) is 5.40. The minimum atomic E-state index is -5.75. The summed E-state index contributed by atoms with van der Waals surface area (Å²) in [5, 5.41) is 20.1. The first-order valence-electron chi connectivity index (χ1n) is 7.74. The molecule has 2 rings (SSSR count). The highest BCUT2D eigenvalue weighted by molar-refractivity contribution is 7.66. The third kappa shape index (κ3) is 6.87. The van der Waals surface area contributed by atoms with Crippen molar-refractivity contribution in [2.75, 3.05) is 13.7 Å². The monoisotopic (exact) mass is 514 g/mol. The summed E-state index contributed by atoms with van der Waals surface area (Å²) < 4.78 is 55.5. The molecule has 0 spiro atoms. The van der Waals surface area contributed by atoms with Gasteiger partial charge in [-0.15, -0.1) is 0 Å². The van der Waals surface area contributed by atoms with Crippen molar-refractivity contribution in [2.24, 2.45) is 0 Å². The molecule has 7 N–H and O–H groups in total. The van der Waals surface area contributed by atoms with Crippen LogP contribution < -0.4 is 16.0 Å². The Morgan fingerprint density at radius 2 is 1.68 bits per heavy atom. The van der Waals surface area contributed by atoms with Crippen LogP contribution in [0.25, 0.3) is 0 Å². The fourth-order valence-electron chi connectivity index (χ4n) is 2.37. The lowest BCUT2D eigenvalue weighted by Gasteiger charge is -2.19. The summed E-state index contributed by atoms with van der Waals surface area (Å²) >= 11 is 0. The van der Waals surface area contributed by atoms with Crippen molar-refractivity contribution in [1.82, 2.24) is 9.55 Å². The maximum Gasteiger partial charge on any atom is 0.490 e. The number of H-pyrrole nitrogens is 1. The van der Waals surface area contributed by atoms with Crippen molar-refractivity contribution < 1.29 is 66.1 Å². The van der Waals surface area contributed by atoms with Gasteiger partial charge in [-0.1, -0.05) is 0 Å². The third-order valence-electron chi connectivity index (χ3n) is 3.58. The summed E-state index contributed by atoms with van der Waals surface area (Å²) in [4.78, 5) is 60.7. The maximum absolute atomic E-state index is 11.9. The Bertz CT molecular complexity index is 1060. The van der Waals surface area contributed by atoms with Crippen LogP contribution in [0.4, 0.5) is 0 Å². The molecule has 6 atom stereocenters. The summed E-state index contributed by atoms with van der Waals surface area (Å²) in [6.07, 6.45) is -6.02. The van der Waals surface area contributed by atoms with Gasteiger partial charge in [-0.2, -0.15) is 8.62 Å². The van der Waals surface area contributed by atoms with Crippen LogP contribution in [0.5, 0.6) is 5.75 Å². The molecule has 21 heteroatoms. The Hall–Kier alpha value is -1.23. The Morgan fingerprint density at radius 1 is 1.06 bits per heavy atom. The zero-order valence-corrected chi connectivity index (χ0v) is 17.8. The van der Waals surface area contributed by atoms with Crippen LogP contribution in [0.3, 0.4) is 0 Å². The molecule has 18 nitrogen and oxygen atoms in total. The van der Waals surface area contributed by atoms with Gasteiger partial charge in [0.25, 0.3) is 5.56 Å². The van der Waals surface area contributed by atoms with E-state index < -0.39 is 65.9 Å². The Morgan fingerprint density at radius 3 is 2.23 bits per heavy atom. The number of hydrogen-bond donors (Lipinski definition) is 7. The van der Waals surface area contributed by atoms with Gasteiger partial charge >= 0.3 is 29.2 Å². The molecule has 1 aromatic rings. The average molecular weight is 514 g/mol. The topological polar surface area (TPSA) is 274 Å². The lowest BCUT2D eigenvalue weighted by Crippen LogP contribution is -2.38. The summed E-state index contributed by atoms with van der Waals surface area (Å²) in [6, 6.07) is 0. The Labute approximate surface area is 171 Å². The van der Waals surface area contributed by atoms with Crippen molar-refractivity contribution in [1.29, 1.82) is 0 Å². The van der Waals surface area contributed by atoms with E-state index in [0.29, 0.717) is 4.57 Å². The van der Waals surface area contributed by atoms with Crippen molar-refractivity contribution in [3.05, 3.63) is 27.0 Å². The van der Waals surface area contributed by atoms with Gasteiger partial charge in [-0.3, -0.25) is 18.9 Å². The second-order valence-electron chi connectivity index (χ2n) is 5.80. The second-order valence-corrected chi connectivity index (χ2v) is 10.2. The number of phosphoric acid groups is 3. The van der Waals surface area contributed by atoms with Gasteiger partial charge in [0, 0.05) is 0 Å². The molecule has 1 aliphatic rings. The summed E-state index contributed by atoms with van der Waals surface area (Å²) in [5.74, 6) is -0.346. The SMILES string of the molecule is COc1cn([C@@H]2O[C@H](COP(=O)(O)OP(=O)(O)OP(=O)(O)O)[C@H](O)[C@@H]2O)c(=O)[nH]c1=O. The molecule has 0 aromatic carbocycles. The van der Waals surface area contributed by atoms with Gasteiger partial charge < -0.3 is 39.3 Å². The number of aliphatic hydroxyl groups excluding tert-OH is 2. The van der Waals surface area contributed by atoms with Crippen molar-refractivity contribution in [2.45, 2.75) is 24.5 Å². The predicted molar refractivity (Wildman–Crippen MR) is 93.6 cm³/mol. The molecule has 1 aromatic heterocycles. The van der Waals surface area contributed by atoms with E-state index in [4.69, 9.17) is 24.2 Å². The first-order chi connectivity index (χ1) is 14.1. The number of rotatable bonds is 9. The van der Waals surface area contributed by atoms with E-state index in [1.807, 2.05) is 4.98 Å². The van der Waals surface area contributed by atoms with E-state index in [1.165, 1.54) is 0 Å². The molecule has 2 unspecified atom stereocenters. The van der Waals surface area contributed by atoms with E-state index in [2.05, 4.69) is 13.1 Å². The summed E-state index contributed by atoms with van der Waals surface area (Å²) in [7, 11) is -15.7. The Kier molecular flexibility index (Phi) is 7.83. The number of ether oxygens (including phenoxy) is 2. The largest absolute Gasteiger partial charge is 0.490 e. The normalized spacial score (nSPS) is 28.1. The molecule has 1 fully saturated rings.